The number of carbonyl (C=O) groups is 2. The quantitative estimate of drug-likeness (QED) is 0.483. The third kappa shape index (κ3) is 2.35. The van der Waals surface area contributed by atoms with Crippen molar-refractivity contribution in [1.82, 2.24) is 0 Å². The van der Waals surface area contributed by atoms with Crippen LogP contribution in [-0.2, 0) is 9.59 Å². The molecule has 0 N–H and O–H groups in total. The third-order valence-electron chi connectivity index (χ3n) is 2.86. The van der Waals surface area contributed by atoms with E-state index < -0.39 is 28.4 Å². The van der Waals surface area contributed by atoms with Crippen molar-refractivity contribution in [2.75, 3.05) is 4.90 Å². The molecule has 0 aliphatic carbocycles. The standard InChI is InChI=1S/C11H8BrFN2O4/c12-6-3-8(13)11(15(18)19)9(4-6)14-7(5-16)1-2-10(14)17/h3-5,7H,1-2H2. The average molecular weight is 331 g/mol. The summed E-state index contributed by atoms with van der Waals surface area (Å²) in [4.78, 5) is 33.7. The van der Waals surface area contributed by atoms with E-state index in [2.05, 4.69) is 15.9 Å². The molecule has 0 spiro atoms. The van der Waals surface area contributed by atoms with Crippen LogP contribution in [0.3, 0.4) is 0 Å². The highest BCUT2D eigenvalue weighted by Crippen LogP contribution is 2.37. The van der Waals surface area contributed by atoms with Crippen molar-refractivity contribution >= 4 is 39.5 Å². The zero-order valence-corrected chi connectivity index (χ0v) is 11.1. The molecule has 1 fully saturated rings. The van der Waals surface area contributed by atoms with Crippen molar-refractivity contribution in [3.63, 3.8) is 0 Å². The van der Waals surface area contributed by atoms with Crippen molar-refractivity contribution in [3.05, 3.63) is 32.5 Å². The van der Waals surface area contributed by atoms with Crippen LogP contribution in [0.1, 0.15) is 12.8 Å². The van der Waals surface area contributed by atoms with Gasteiger partial charge in [-0.1, -0.05) is 15.9 Å². The highest BCUT2D eigenvalue weighted by Gasteiger charge is 2.37. The Hall–Kier alpha value is -1.83. The van der Waals surface area contributed by atoms with E-state index in [1.54, 1.807) is 0 Å². The molecule has 0 aromatic heterocycles. The maximum absolute atomic E-state index is 13.7. The fraction of sp³-hybridized carbons (Fsp3) is 0.273. The number of rotatable bonds is 3. The van der Waals surface area contributed by atoms with Gasteiger partial charge in [0.15, 0.2) is 0 Å². The van der Waals surface area contributed by atoms with E-state index in [0.29, 0.717) is 6.29 Å². The van der Waals surface area contributed by atoms with E-state index in [1.165, 1.54) is 6.07 Å². The summed E-state index contributed by atoms with van der Waals surface area (Å²) in [6, 6.07) is 1.42. The molecule has 1 saturated heterocycles. The van der Waals surface area contributed by atoms with Crippen LogP contribution < -0.4 is 4.90 Å². The van der Waals surface area contributed by atoms with Gasteiger partial charge >= 0.3 is 5.69 Å². The van der Waals surface area contributed by atoms with Gasteiger partial charge in [-0.25, -0.2) is 0 Å². The van der Waals surface area contributed by atoms with E-state index in [9.17, 15) is 24.1 Å². The lowest BCUT2D eigenvalue weighted by Crippen LogP contribution is -2.34. The fourth-order valence-corrected chi connectivity index (χ4v) is 2.48. The Bertz CT molecular complexity index is 578. The number of anilines is 1. The monoisotopic (exact) mass is 330 g/mol. The summed E-state index contributed by atoms with van der Waals surface area (Å²) in [5.74, 6) is -1.49. The minimum Gasteiger partial charge on any atom is -0.301 e. The largest absolute Gasteiger partial charge is 0.328 e. The molecule has 1 aromatic rings. The second-order valence-electron chi connectivity index (χ2n) is 4.02. The number of carbonyl (C=O) groups excluding carboxylic acids is 2. The lowest BCUT2D eigenvalue weighted by atomic mass is 10.2. The molecule has 1 unspecified atom stereocenters. The minimum absolute atomic E-state index is 0.106. The smallest absolute Gasteiger partial charge is 0.301 e. The van der Waals surface area contributed by atoms with Gasteiger partial charge in [-0.05, 0) is 18.6 Å². The molecule has 100 valence electrons. The molecule has 0 saturated carbocycles. The highest BCUT2D eigenvalue weighted by molar-refractivity contribution is 9.10. The number of nitrogens with zero attached hydrogens (tertiary/aromatic N) is 2. The number of benzene rings is 1. The van der Waals surface area contributed by atoms with Crippen LogP contribution in [0.15, 0.2) is 16.6 Å². The van der Waals surface area contributed by atoms with Gasteiger partial charge in [0, 0.05) is 10.9 Å². The SMILES string of the molecule is O=CC1CCC(=O)N1c1cc(Br)cc(F)c1[N+](=O)[O-]. The Morgan fingerprint density at radius 3 is 2.79 bits per heavy atom. The molecule has 6 nitrogen and oxygen atoms in total. The zero-order chi connectivity index (χ0) is 14.2. The molecule has 19 heavy (non-hydrogen) atoms. The first-order valence-corrected chi connectivity index (χ1v) is 6.15. The molecule has 8 heteroatoms. The molecule has 2 rings (SSSR count). The van der Waals surface area contributed by atoms with Crippen molar-refractivity contribution in [2.24, 2.45) is 0 Å². The second-order valence-corrected chi connectivity index (χ2v) is 4.93. The molecule has 0 radical (unpaired) electrons. The van der Waals surface area contributed by atoms with E-state index in [0.717, 1.165) is 11.0 Å². The summed E-state index contributed by atoms with van der Waals surface area (Å²) in [6.07, 6.45) is 0.912. The first kappa shape index (κ1) is 13.6. The zero-order valence-electron chi connectivity index (χ0n) is 9.51. The molecule has 1 aliphatic heterocycles. The molecular formula is C11H8BrFN2O4. The van der Waals surface area contributed by atoms with Gasteiger partial charge in [-0.15, -0.1) is 0 Å². The molecule has 1 aromatic carbocycles. The Balaban J connectivity index is 2.63. The molecule has 1 aliphatic rings. The van der Waals surface area contributed by atoms with Crippen LogP contribution in [0, 0.1) is 15.9 Å². The van der Waals surface area contributed by atoms with E-state index in [1.807, 2.05) is 0 Å². The number of halogens is 2. The number of hydrogen-bond donors (Lipinski definition) is 0. The lowest BCUT2D eigenvalue weighted by molar-refractivity contribution is -0.386. The average Bonchev–Trinajstić information content (AvgIpc) is 2.68. The maximum Gasteiger partial charge on any atom is 0.328 e. The van der Waals surface area contributed by atoms with Crippen LogP contribution in [0.25, 0.3) is 0 Å². The van der Waals surface area contributed by atoms with Gasteiger partial charge in [0.05, 0.1) is 11.0 Å². The van der Waals surface area contributed by atoms with Gasteiger partial charge < -0.3 is 4.79 Å². The van der Waals surface area contributed by atoms with Gasteiger partial charge in [0.1, 0.15) is 12.0 Å². The first-order chi connectivity index (χ1) is 8.95. The molecule has 0 bridgehead atoms. The Morgan fingerprint density at radius 2 is 2.21 bits per heavy atom. The Labute approximate surface area is 115 Å². The summed E-state index contributed by atoms with van der Waals surface area (Å²) in [5.41, 5.74) is -0.998. The number of hydrogen-bond acceptors (Lipinski definition) is 4. The van der Waals surface area contributed by atoms with Crippen molar-refractivity contribution < 1.29 is 18.9 Å². The maximum atomic E-state index is 13.7. The van der Waals surface area contributed by atoms with Crippen molar-refractivity contribution in [1.29, 1.82) is 0 Å². The van der Waals surface area contributed by atoms with E-state index >= 15 is 0 Å². The van der Waals surface area contributed by atoms with Gasteiger partial charge in [0.2, 0.25) is 11.7 Å². The summed E-state index contributed by atoms with van der Waals surface area (Å²) in [6.45, 7) is 0. The van der Waals surface area contributed by atoms with Crippen LogP contribution in [0.5, 0.6) is 0 Å². The summed E-state index contributed by atoms with van der Waals surface area (Å²) in [7, 11) is 0. The summed E-state index contributed by atoms with van der Waals surface area (Å²) >= 11 is 3.02. The first-order valence-electron chi connectivity index (χ1n) is 5.36. The second kappa shape index (κ2) is 5.04. The van der Waals surface area contributed by atoms with Crippen LogP contribution >= 0.6 is 15.9 Å². The Kier molecular flexibility index (Phi) is 3.61. The van der Waals surface area contributed by atoms with E-state index in [-0.39, 0.29) is 23.0 Å². The predicted octanol–water partition coefficient (Wildman–Crippen LogP) is 2.19. The highest BCUT2D eigenvalue weighted by atomic mass is 79.9. The summed E-state index contributed by atoms with van der Waals surface area (Å²) < 4.78 is 13.9. The van der Waals surface area contributed by atoms with Crippen molar-refractivity contribution in [3.8, 4) is 0 Å². The summed E-state index contributed by atoms with van der Waals surface area (Å²) in [5, 5.41) is 10.9. The van der Waals surface area contributed by atoms with Crippen LogP contribution in [0.2, 0.25) is 0 Å². The predicted molar refractivity (Wildman–Crippen MR) is 67.3 cm³/mol. The molecular weight excluding hydrogens is 323 g/mol. The Morgan fingerprint density at radius 1 is 1.53 bits per heavy atom. The normalized spacial score (nSPS) is 18.7. The molecule has 1 atom stereocenters. The molecule has 1 amide bonds. The topological polar surface area (TPSA) is 80.5 Å². The number of aldehydes is 1. The van der Waals surface area contributed by atoms with Gasteiger partial charge in [-0.2, -0.15) is 4.39 Å². The van der Waals surface area contributed by atoms with Gasteiger partial charge in [0.25, 0.3) is 0 Å². The lowest BCUT2D eigenvalue weighted by Gasteiger charge is -2.20. The van der Waals surface area contributed by atoms with Crippen molar-refractivity contribution in [2.45, 2.75) is 18.9 Å². The third-order valence-corrected chi connectivity index (χ3v) is 3.32. The number of nitro benzene ring substituents is 1. The van der Waals surface area contributed by atoms with Crippen LogP contribution in [0.4, 0.5) is 15.8 Å². The van der Waals surface area contributed by atoms with Crippen LogP contribution in [-0.4, -0.2) is 23.2 Å². The molecule has 1 heterocycles. The number of nitro groups is 1. The van der Waals surface area contributed by atoms with E-state index in [4.69, 9.17) is 0 Å². The number of amides is 1. The fourth-order valence-electron chi connectivity index (χ4n) is 2.06. The minimum atomic E-state index is -1.06. The van der Waals surface area contributed by atoms with Gasteiger partial charge in [-0.3, -0.25) is 19.8 Å².